The van der Waals surface area contributed by atoms with Crippen LogP contribution in [0.3, 0.4) is 0 Å². The van der Waals surface area contributed by atoms with E-state index in [1.54, 1.807) is 14.0 Å². The van der Waals surface area contributed by atoms with Crippen molar-refractivity contribution in [3.8, 4) is 5.75 Å². The fraction of sp³-hybridized carbons (Fsp3) is 0.263. The second-order valence-corrected chi connectivity index (χ2v) is 6.94. The lowest BCUT2D eigenvalue weighted by Gasteiger charge is -2.23. The third kappa shape index (κ3) is 3.26. The van der Waals surface area contributed by atoms with Gasteiger partial charge in [-0.15, -0.1) is 0 Å². The molecule has 6 heteroatoms. The summed E-state index contributed by atoms with van der Waals surface area (Å²) >= 11 is 3.46. The van der Waals surface area contributed by atoms with Crippen LogP contribution < -0.4 is 10.1 Å². The Morgan fingerprint density at radius 1 is 1.12 bits per heavy atom. The maximum atomic E-state index is 12.9. The van der Waals surface area contributed by atoms with Crippen molar-refractivity contribution in [2.45, 2.75) is 18.9 Å². The van der Waals surface area contributed by atoms with Gasteiger partial charge < -0.3 is 10.1 Å². The van der Waals surface area contributed by atoms with Crippen LogP contribution in [0.4, 0.5) is 4.79 Å². The number of benzene rings is 2. The minimum absolute atomic E-state index is 0.238. The van der Waals surface area contributed by atoms with Gasteiger partial charge in [-0.2, -0.15) is 0 Å². The summed E-state index contributed by atoms with van der Waals surface area (Å²) in [4.78, 5) is 26.6. The number of amides is 3. The minimum Gasteiger partial charge on any atom is -0.497 e. The first-order valence-electron chi connectivity index (χ1n) is 7.98. The number of methoxy groups -OCH3 is 1. The molecule has 0 saturated carbocycles. The van der Waals surface area contributed by atoms with Gasteiger partial charge in [0.1, 0.15) is 11.3 Å². The standard InChI is InChI=1S/C19H19BrN2O3/c1-19(15-5-3-4-6-16(15)20)17(23)22(18(24)21-19)12-11-13-7-9-14(25-2)10-8-13/h3-10H,11-12H2,1-2H3,(H,21,24). The Kier molecular flexibility index (Phi) is 4.81. The SMILES string of the molecule is COc1ccc(CCN2C(=O)NC(C)(c3ccccc3Br)C2=O)cc1. The van der Waals surface area contributed by atoms with Crippen molar-refractivity contribution < 1.29 is 14.3 Å². The molecule has 2 aromatic rings. The van der Waals surface area contributed by atoms with Crippen molar-refractivity contribution in [2.75, 3.05) is 13.7 Å². The zero-order valence-electron chi connectivity index (χ0n) is 14.1. The van der Waals surface area contributed by atoms with E-state index in [1.807, 2.05) is 48.5 Å². The van der Waals surface area contributed by atoms with Crippen LogP contribution in [-0.4, -0.2) is 30.5 Å². The predicted octanol–water partition coefficient (Wildman–Crippen LogP) is 3.47. The van der Waals surface area contributed by atoms with E-state index < -0.39 is 5.54 Å². The van der Waals surface area contributed by atoms with Gasteiger partial charge in [-0.25, -0.2) is 4.79 Å². The third-order valence-corrected chi connectivity index (χ3v) is 5.16. The summed E-state index contributed by atoms with van der Waals surface area (Å²) in [6, 6.07) is 14.7. The highest BCUT2D eigenvalue weighted by Gasteiger charge is 2.49. The number of ether oxygens (including phenoxy) is 1. The molecule has 1 heterocycles. The topological polar surface area (TPSA) is 58.6 Å². The molecule has 1 aliphatic rings. The van der Waals surface area contributed by atoms with Gasteiger partial charge in [0.25, 0.3) is 5.91 Å². The maximum Gasteiger partial charge on any atom is 0.325 e. The maximum absolute atomic E-state index is 12.9. The van der Waals surface area contributed by atoms with Crippen molar-refractivity contribution in [1.82, 2.24) is 10.2 Å². The van der Waals surface area contributed by atoms with Crippen LogP contribution in [0, 0.1) is 0 Å². The van der Waals surface area contributed by atoms with Crippen molar-refractivity contribution in [1.29, 1.82) is 0 Å². The number of halogens is 1. The molecule has 130 valence electrons. The molecular weight excluding hydrogens is 384 g/mol. The highest BCUT2D eigenvalue weighted by atomic mass is 79.9. The molecule has 1 atom stereocenters. The van der Waals surface area contributed by atoms with Gasteiger partial charge in [-0.05, 0) is 37.1 Å². The number of rotatable bonds is 5. The number of imide groups is 1. The van der Waals surface area contributed by atoms with E-state index in [-0.39, 0.29) is 11.9 Å². The third-order valence-electron chi connectivity index (χ3n) is 4.47. The molecule has 5 nitrogen and oxygen atoms in total. The smallest absolute Gasteiger partial charge is 0.325 e. The molecule has 0 aliphatic carbocycles. The van der Waals surface area contributed by atoms with E-state index in [0.29, 0.717) is 13.0 Å². The lowest BCUT2D eigenvalue weighted by atomic mass is 9.92. The van der Waals surface area contributed by atoms with Crippen LogP contribution in [0.2, 0.25) is 0 Å². The fourth-order valence-electron chi connectivity index (χ4n) is 2.98. The fourth-order valence-corrected chi connectivity index (χ4v) is 3.66. The molecule has 0 bridgehead atoms. The summed E-state index contributed by atoms with van der Waals surface area (Å²) in [5.41, 5.74) is 0.730. The molecule has 1 unspecified atom stereocenters. The first kappa shape index (κ1) is 17.5. The van der Waals surface area contributed by atoms with Gasteiger partial charge in [0.15, 0.2) is 0 Å². The Hall–Kier alpha value is -2.34. The number of nitrogens with one attached hydrogen (secondary N) is 1. The normalized spacial score (nSPS) is 19.9. The first-order valence-corrected chi connectivity index (χ1v) is 8.77. The Morgan fingerprint density at radius 2 is 1.80 bits per heavy atom. The van der Waals surface area contributed by atoms with Crippen LogP contribution in [-0.2, 0) is 16.8 Å². The van der Waals surface area contributed by atoms with E-state index in [4.69, 9.17) is 4.74 Å². The highest BCUT2D eigenvalue weighted by Crippen LogP contribution is 2.33. The number of carbonyl (C=O) groups is 2. The summed E-state index contributed by atoms with van der Waals surface area (Å²) in [7, 11) is 1.62. The molecule has 1 N–H and O–H groups in total. The molecule has 2 aromatic carbocycles. The van der Waals surface area contributed by atoms with Gasteiger partial charge in [0, 0.05) is 16.6 Å². The molecule has 0 radical (unpaired) electrons. The van der Waals surface area contributed by atoms with Crippen LogP contribution in [0.25, 0.3) is 0 Å². The quantitative estimate of drug-likeness (QED) is 0.778. The summed E-state index contributed by atoms with van der Waals surface area (Å²) in [5.74, 6) is 0.540. The van der Waals surface area contributed by atoms with Crippen molar-refractivity contribution in [3.05, 3.63) is 64.1 Å². The van der Waals surface area contributed by atoms with Crippen LogP contribution in [0.5, 0.6) is 5.75 Å². The predicted molar refractivity (Wildman–Crippen MR) is 98.4 cm³/mol. The lowest BCUT2D eigenvalue weighted by molar-refractivity contribution is -0.131. The molecule has 3 amide bonds. The molecule has 3 rings (SSSR count). The number of urea groups is 1. The van der Waals surface area contributed by atoms with Crippen molar-refractivity contribution in [3.63, 3.8) is 0 Å². The average Bonchev–Trinajstić information content (AvgIpc) is 2.83. The number of hydrogen-bond acceptors (Lipinski definition) is 3. The average molecular weight is 403 g/mol. The van der Waals surface area contributed by atoms with E-state index >= 15 is 0 Å². The van der Waals surface area contributed by atoms with Gasteiger partial charge in [0.2, 0.25) is 0 Å². The Bertz CT molecular complexity index is 807. The Morgan fingerprint density at radius 3 is 2.44 bits per heavy atom. The van der Waals surface area contributed by atoms with Crippen LogP contribution >= 0.6 is 15.9 Å². The van der Waals surface area contributed by atoms with Crippen LogP contribution in [0.1, 0.15) is 18.1 Å². The monoisotopic (exact) mass is 402 g/mol. The Labute approximate surface area is 155 Å². The van der Waals surface area contributed by atoms with Crippen LogP contribution in [0.15, 0.2) is 53.0 Å². The van der Waals surface area contributed by atoms with E-state index in [0.717, 1.165) is 21.3 Å². The molecular formula is C19H19BrN2O3. The van der Waals surface area contributed by atoms with E-state index in [2.05, 4.69) is 21.2 Å². The number of carbonyl (C=O) groups excluding carboxylic acids is 2. The summed E-state index contributed by atoms with van der Waals surface area (Å²) in [5, 5.41) is 2.83. The molecule has 0 spiro atoms. The molecule has 1 aliphatic heterocycles. The second-order valence-electron chi connectivity index (χ2n) is 6.09. The van der Waals surface area contributed by atoms with Gasteiger partial charge in [-0.1, -0.05) is 46.3 Å². The van der Waals surface area contributed by atoms with Crippen molar-refractivity contribution >= 4 is 27.9 Å². The summed E-state index contributed by atoms with van der Waals surface area (Å²) in [6.45, 7) is 2.07. The zero-order chi connectivity index (χ0) is 18.0. The molecule has 1 saturated heterocycles. The van der Waals surface area contributed by atoms with Crippen molar-refractivity contribution in [2.24, 2.45) is 0 Å². The van der Waals surface area contributed by atoms with Gasteiger partial charge in [-0.3, -0.25) is 9.69 Å². The molecule has 25 heavy (non-hydrogen) atoms. The van der Waals surface area contributed by atoms with E-state index in [1.165, 1.54) is 4.90 Å². The molecule has 0 aromatic heterocycles. The summed E-state index contributed by atoms with van der Waals surface area (Å²) < 4.78 is 5.93. The second kappa shape index (κ2) is 6.88. The Balaban J connectivity index is 1.76. The summed E-state index contributed by atoms with van der Waals surface area (Å²) in [6.07, 6.45) is 0.592. The first-order chi connectivity index (χ1) is 12.0. The number of hydrogen-bond donors (Lipinski definition) is 1. The highest BCUT2D eigenvalue weighted by molar-refractivity contribution is 9.10. The molecule has 1 fully saturated rings. The minimum atomic E-state index is -1.06. The zero-order valence-corrected chi connectivity index (χ0v) is 15.7. The van der Waals surface area contributed by atoms with E-state index in [9.17, 15) is 9.59 Å². The van der Waals surface area contributed by atoms with Gasteiger partial charge >= 0.3 is 6.03 Å². The van der Waals surface area contributed by atoms with Gasteiger partial charge in [0.05, 0.1) is 7.11 Å². The largest absolute Gasteiger partial charge is 0.497 e. The number of nitrogens with zero attached hydrogens (tertiary/aromatic N) is 1. The lowest BCUT2D eigenvalue weighted by Crippen LogP contribution is -2.41.